The molecule has 0 unspecified atom stereocenters. The normalized spacial score (nSPS) is 11.6. The number of nitrogens with zero attached hydrogens (tertiary/aromatic N) is 4. The maximum Gasteiger partial charge on any atom is 0.0991 e. The number of fused-ring (bicyclic) bond motifs is 10. The second-order valence-electron chi connectivity index (χ2n) is 14.0. The number of para-hydroxylation sites is 1. The Morgan fingerprint density at radius 1 is 0.400 bits per heavy atom. The summed E-state index contributed by atoms with van der Waals surface area (Å²) >= 11 is 1.82. The number of thiophene rings is 1. The summed E-state index contributed by atoms with van der Waals surface area (Å²) in [5.41, 5.74) is 12.3. The van der Waals surface area contributed by atoms with Crippen LogP contribution in [0.5, 0.6) is 0 Å². The van der Waals surface area contributed by atoms with Gasteiger partial charge in [-0.25, -0.2) is 0 Å². The van der Waals surface area contributed by atoms with Crippen molar-refractivity contribution in [3.8, 4) is 45.8 Å². The molecule has 0 saturated heterocycles. The Morgan fingerprint density at radius 2 is 0.945 bits per heavy atom. The largest absolute Gasteiger partial charge is 0.309 e. The van der Waals surface area contributed by atoms with E-state index in [1.807, 2.05) is 35.6 Å². The second-order valence-corrected chi connectivity index (χ2v) is 15.0. The summed E-state index contributed by atoms with van der Waals surface area (Å²) in [5.74, 6) is 0. The van der Waals surface area contributed by atoms with E-state index in [-0.39, 0.29) is 0 Å². The van der Waals surface area contributed by atoms with Gasteiger partial charge in [0.1, 0.15) is 0 Å². The highest BCUT2D eigenvalue weighted by Crippen LogP contribution is 2.44. The number of aromatic nitrogens is 2. The Kier molecular flexibility index (Phi) is 6.82. The maximum absolute atomic E-state index is 9.92. The first-order valence-corrected chi connectivity index (χ1v) is 19.0. The molecule has 0 spiro atoms. The van der Waals surface area contributed by atoms with Gasteiger partial charge in [-0.3, -0.25) is 0 Å². The van der Waals surface area contributed by atoms with Crippen LogP contribution in [0.25, 0.3) is 97.4 Å². The molecule has 0 radical (unpaired) electrons. The van der Waals surface area contributed by atoms with Crippen molar-refractivity contribution >= 4 is 75.1 Å². The summed E-state index contributed by atoms with van der Waals surface area (Å²) in [4.78, 5) is 0. The van der Waals surface area contributed by atoms with Crippen LogP contribution in [0.1, 0.15) is 11.1 Å². The zero-order valence-electron chi connectivity index (χ0n) is 29.4. The first kappa shape index (κ1) is 31.1. The molecule has 0 saturated carbocycles. The monoisotopic (exact) mass is 716 g/mol. The molecule has 0 bridgehead atoms. The van der Waals surface area contributed by atoms with Gasteiger partial charge in [0, 0.05) is 53.1 Å². The van der Waals surface area contributed by atoms with Gasteiger partial charge in [0.15, 0.2) is 0 Å². The molecule has 0 fully saturated rings. The maximum atomic E-state index is 9.92. The van der Waals surface area contributed by atoms with Crippen LogP contribution in [0, 0.1) is 22.7 Å². The highest BCUT2D eigenvalue weighted by Gasteiger charge is 2.19. The first-order valence-electron chi connectivity index (χ1n) is 18.2. The Labute approximate surface area is 320 Å². The lowest BCUT2D eigenvalue weighted by Gasteiger charge is -2.15. The summed E-state index contributed by atoms with van der Waals surface area (Å²) in [6, 6.07) is 64.3. The van der Waals surface area contributed by atoms with Gasteiger partial charge in [-0.1, -0.05) is 91.0 Å². The predicted molar refractivity (Wildman–Crippen MR) is 228 cm³/mol. The van der Waals surface area contributed by atoms with E-state index < -0.39 is 0 Å². The van der Waals surface area contributed by atoms with Crippen LogP contribution in [0.15, 0.2) is 170 Å². The third kappa shape index (κ3) is 4.68. The zero-order chi connectivity index (χ0) is 36.6. The number of hydrogen-bond acceptors (Lipinski definition) is 3. The van der Waals surface area contributed by atoms with E-state index >= 15 is 0 Å². The molecular formula is C50H28N4S. The quantitative estimate of drug-likeness (QED) is 0.182. The molecule has 3 heterocycles. The van der Waals surface area contributed by atoms with Gasteiger partial charge in [0.2, 0.25) is 0 Å². The Bertz CT molecular complexity index is 3470. The van der Waals surface area contributed by atoms with E-state index in [0.29, 0.717) is 11.1 Å². The molecule has 0 aliphatic carbocycles. The summed E-state index contributed by atoms with van der Waals surface area (Å²) in [6.45, 7) is 0. The Hall–Kier alpha value is -7.44. The molecule has 55 heavy (non-hydrogen) atoms. The fourth-order valence-electron chi connectivity index (χ4n) is 8.57. The molecule has 0 aliphatic rings. The van der Waals surface area contributed by atoms with Crippen molar-refractivity contribution in [2.24, 2.45) is 0 Å². The minimum atomic E-state index is 0.654. The lowest BCUT2D eigenvalue weighted by molar-refractivity contribution is 1.18. The fraction of sp³-hybridized carbons (Fsp3) is 0. The van der Waals surface area contributed by atoms with Crippen LogP contribution in [-0.2, 0) is 0 Å². The molecule has 0 amide bonds. The molecule has 11 aromatic rings. The molecule has 4 nitrogen and oxygen atoms in total. The summed E-state index contributed by atoms with van der Waals surface area (Å²) in [7, 11) is 0. The number of benzene rings is 8. The highest BCUT2D eigenvalue weighted by atomic mass is 32.1. The molecular weight excluding hydrogens is 689 g/mol. The SMILES string of the molecule is N#Cc1ccc2c(c1)c1ccccc1n2-c1cccc(-c2ccccc2-c2cccc(-n3c4ccc(C#N)cc4c4c5sc6ccccc6c5ccc43)c2)c1. The third-order valence-electron chi connectivity index (χ3n) is 11.0. The number of rotatable bonds is 4. The molecule has 0 aliphatic heterocycles. The Morgan fingerprint density at radius 3 is 1.64 bits per heavy atom. The average molecular weight is 717 g/mol. The minimum Gasteiger partial charge on any atom is -0.309 e. The van der Waals surface area contributed by atoms with Gasteiger partial charge in [-0.05, 0) is 101 Å². The molecule has 3 aromatic heterocycles. The third-order valence-corrected chi connectivity index (χ3v) is 12.2. The van der Waals surface area contributed by atoms with Crippen molar-refractivity contribution < 1.29 is 0 Å². The van der Waals surface area contributed by atoms with Gasteiger partial charge < -0.3 is 9.13 Å². The lowest BCUT2D eigenvalue weighted by atomic mass is 9.94. The number of hydrogen-bond donors (Lipinski definition) is 0. The summed E-state index contributed by atoms with van der Waals surface area (Å²) < 4.78 is 7.15. The van der Waals surface area contributed by atoms with Crippen LogP contribution in [0.3, 0.4) is 0 Å². The standard InChI is InChI=1S/C50H28N4S/c51-29-31-19-22-45-42(25-31)39-15-3-5-17-44(39)53(45)35-11-7-9-33(27-35)37-13-1-2-14-38(37)34-10-8-12-36(28-34)54-46-23-20-32(30-52)26-43(46)49-47(54)24-21-41-40-16-4-6-18-48(40)55-50(41)49/h1-28H. The molecule has 5 heteroatoms. The minimum absolute atomic E-state index is 0.654. The van der Waals surface area contributed by atoms with E-state index in [0.717, 1.165) is 71.9 Å². The topological polar surface area (TPSA) is 57.4 Å². The fourth-order valence-corrected chi connectivity index (χ4v) is 9.83. The van der Waals surface area contributed by atoms with Crippen LogP contribution >= 0.6 is 11.3 Å². The van der Waals surface area contributed by atoms with Crippen LogP contribution in [0.4, 0.5) is 0 Å². The number of nitriles is 2. The van der Waals surface area contributed by atoms with Crippen LogP contribution in [0.2, 0.25) is 0 Å². The Balaban J connectivity index is 1.08. The first-order chi connectivity index (χ1) is 27.2. The van der Waals surface area contributed by atoms with Gasteiger partial charge in [-0.15, -0.1) is 11.3 Å². The van der Waals surface area contributed by atoms with Gasteiger partial charge in [0.25, 0.3) is 0 Å². The highest BCUT2D eigenvalue weighted by molar-refractivity contribution is 7.26. The van der Waals surface area contributed by atoms with Crippen molar-refractivity contribution in [3.63, 3.8) is 0 Å². The van der Waals surface area contributed by atoms with E-state index in [4.69, 9.17) is 0 Å². The van der Waals surface area contributed by atoms with Gasteiger partial charge in [-0.2, -0.15) is 10.5 Å². The summed E-state index contributed by atoms with van der Waals surface area (Å²) in [5, 5.41) is 26.5. The molecule has 0 N–H and O–H groups in total. The van der Waals surface area contributed by atoms with Gasteiger partial charge in [0.05, 0.1) is 45.3 Å². The van der Waals surface area contributed by atoms with Crippen molar-refractivity contribution in [3.05, 3.63) is 181 Å². The smallest absolute Gasteiger partial charge is 0.0991 e. The van der Waals surface area contributed by atoms with Crippen molar-refractivity contribution in [1.29, 1.82) is 10.5 Å². The zero-order valence-corrected chi connectivity index (χ0v) is 30.2. The van der Waals surface area contributed by atoms with Crippen molar-refractivity contribution in [1.82, 2.24) is 9.13 Å². The second kappa shape index (κ2) is 12.0. The molecule has 0 atom stereocenters. The molecule has 11 rings (SSSR count). The van der Waals surface area contributed by atoms with E-state index in [9.17, 15) is 10.5 Å². The van der Waals surface area contributed by atoms with Crippen LogP contribution in [-0.4, -0.2) is 9.13 Å². The van der Waals surface area contributed by atoms with Crippen molar-refractivity contribution in [2.45, 2.75) is 0 Å². The van der Waals surface area contributed by atoms with E-state index in [1.165, 1.54) is 25.6 Å². The van der Waals surface area contributed by atoms with Gasteiger partial charge >= 0.3 is 0 Å². The average Bonchev–Trinajstić information content (AvgIpc) is 3.91. The molecule has 254 valence electrons. The predicted octanol–water partition coefficient (Wildman–Crippen LogP) is 13.3. The lowest BCUT2D eigenvalue weighted by Crippen LogP contribution is -1.96. The van der Waals surface area contributed by atoms with Crippen molar-refractivity contribution in [2.75, 3.05) is 0 Å². The summed E-state index contributed by atoms with van der Waals surface area (Å²) in [6.07, 6.45) is 0. The van der Waals surface area contributed by atoms with E-state index in [1.54, 1.807) is 0 Å². The molecule has 8 aromatic carbocycles. The van der Waals surface area contributed by atoms with Crippen LogP contribution < -0.4 is 0 Å². The van der Waals surface area contributed by atoms with E-state index in [2.05, 4.69) is 167 Å².